The summed E-state index contributed by atoms with van der Waals surface area (Å²) < 4.78 is 1.46. The number of aliphatic imine (C=N–C) groups is 1. The van der Waals surface area contributed by atoms with Gasteiger partial charge >= 0.3 is 0 Å². The molecule has 0 radical (unpaired) electrons. The van der Waals surface area contributed by atoms with Crippen molar-refractivity contribution < 1.29 is 0 Å². The molecule has 0 saturated heterocycles. The van der Waals surface area contributed by atoms with Crippen LogP contribution in [0.15, 0.2) is 4.99 Å². The van der Waals surface area contributed by atoms with Crippen LogP contribution in [0.2, 0.25) is 0 Å². The number of halogens is 2. The predicted octanol–water partition coefficient (Wildman–Crippen LogP) is 0.897. The largest absolute Gasteiger partial charge is 0.261 e. The summed E-state index contributed by atoms with van der Waals surface area (Å²) in [6, 6.07) is 0.473. The second kappa shape index (κ2) is 3.25. The first-order chi connectivity index (χ1) is 4.33. The first-order valence-electron chi connectivity index (χ1n) is 2.53. The lowest BCUT2D eigenvalue weighted by molar-refractivity contribution is 0.262. The van der Waals surface area contributed by atoms with Gasteiger partial charge in [0.2, 0.25) is 0 Å². The minimum absolute atomic E-state index is 0.473. The number of rotatable bonds is 1. The Kier molecular flexibility index (Phi) is 2.57. The third-order valence-electron chi connectivity index (χ3n) is 0.993. The van der Waals surface area contributed by atoms with Crippen molar-refractivity contribution >= 4 is 29.7 Å². The van der Waals surface area contributed by atoms with Crippen molar-refractivity contribution in [1.29, 1.82) is 0 Å². The van der Waals surface area contributed by atoms with Crippen molar-refractivity contribution in [2.45, 2.75) is 0 Å². The summed E-state index contributed by atoms with van der Waals surface area (Å²) in [5, 5.41) is 0. The topological polar surface area (TPSA) is 18.8 Å². The first-order valence-corrected chi connectivity index (χ1v) is 3.41. The summed E-state index contributed by atoms with van der Waals surface area (Å²) in [7, 11) is 0. The van der Waals surface area contributed by atoms with Gasteiger partial charge in [-0.05, 0) is 0 Å². The van der Waals surface area contributed by atoms with Crippen molar-refractivity contribution in [1.82, 2.24) is 9.32 Å². The van der Waals surface area contributed by atoms with Crippen LogP contribution in [0.4, 0.5) is 0 Å². The van der Waals surface area contributed by atoms with E-state index in [1.165, 1.54) is 4.42 Å². The van der Waals surface area contributed by atoms with Gasteiger partial charge in [-0.1, -0.05) is 0 Å². The lowest BCUT2D eigenvalue weighted by Gasteiger charge is -2.24. The Bertz CT molecular complexity index is 116. The van der Waals surface area contributed by atoms with Gasteiger partial charge in [0.15, 0.2) is 0 Å². The molecule has 1 aliphatic rings. The maximum atomic E-state index is 5.57. The molecule has 9 heavy (non-hydrogen) atoms. The summed E-state index contributed by atoms with van der Waals surface area (Å²) in [5.74, 6) is 0. The highest BCUT2D eigenvalue weighted by Crippen LogP contribution is 2.01. The summed E-state index contributed by atoms with van der Waals surface area (Å²) in [6.45, 7) is 1.29. The van der Waals surface area contributed by atoms with E-state index < -0.39 is 0 Å². The molecule has 0 aliphatic carbocycles. The summed E-state index contributed by atoms with van der Waals surface area (Å²) in [5.41, 5.74) is 0. The summed E-state index contributed by atoms with van der Waals surface area (Å²) in [6.07, 6.45) is 1.59. The van der Waals surface area contributed by atoms with Crippen LogP contribution in [-0.4, -0.2) is 35.0 Å². The van der Waals surface area contributed by atoms with Gasteiger partial charge in [-0.3, -0.25) is 14.3 Å². The first kappa shape index (κ1) is 7.12. The highest BCUT2D eigenvalue weighted by atomic mass is 35.5. The maximum absolute atomic E-state index is 5.57. The molecular weight excluding hydrogens is 161 g/mol. The van der Waals surface area contributed by atoms with Crippen LogP contribution in [-0.2, 0) is 0 Å². The molecule has 1 aliphatic heterocycles. The molecule has 0 amide bonds. The third kappa shape index (κ3) is 2.01. The van der Waals surface area contributed by atoms with Gasteiger partial charge in [0.25, 0.3) is 0 Å². The quantitative estimate of drug-likeness (QED) is 0.329. The van der Waals surface area contributed by atoms with E-state index in [9.17, 15) is 0 Å². The fourth-order valence-corrected chi connectivity index (χ4v) is 0.953. The van der Waals surface area contributed by atoms with E-state index in [-0.39, 0.29) is 0 Å². The van der Waals surface area contributed by atoms with E-state index in [4.69, 9.17) is 23.4 Å². The van der Waals surface area contributed by atoms with Gasteiger partial charge in [-0.25, -0.2) is 0 Å². The van der Waals surface area contributed by atoms with Crippen LogP contribution in [0.3, 0.4) is 0 Å². The zero-order chi connectivity index (χ0) is 6.69. The van der Waals surface area contributed by atoms with Crippen molar-refractivity contribution in [2.75, 3.05) is 19.3 Å². The average molecular weight is 168 g/mol. The molecule has 0 N–H and O–H groups in total. The van der Waals surface area contributed by atoms with Gasteiger partial charge in [0, 0.05) is 11.8 Å². The Morgan fingerprint density at radius 1 is 1.67 bits per heavy atom. The van der Waals surface area contributed by atoms with Crippen molar-refractivity contribution in [3.63, 3.8) is 0 Å². The second-order valence-electron chi connectivity index (χ2n) is 1.77. The van der Waals surface area contributed by atoms with Crippen molar-refractivity contribution in [2.24, 2.45) is 4.99 Å². The molecule has 5 heteroatoms. The van der Waals surface area contributed by atoms with Gasteiger partial charge < -0.3 is 0 Å². The SMILES string of the molecule is ClCN1CN=CN(Cl)C1. The molecule has 52 valence electrons. The minimum atomic E-state index is 0.473. The minimum Gasteiger partial charge on any atom is -0.261 e. The van der Waals surface area contributed by atoms with Crippen LogP contribution >= 0.6 is 23.4 Å². The Balaban J connectivity index is 2.38. The van der Waals surface area contributed by atoms with Gasteiger partial charge in [0.05, 0.1) is 19.3 Å². The van der Waals surface area contributed by atoms with E-state index >= 15 is 0 Å². The number of hydrogen-bond donors (Lipinski definition) is 0. The van der Waals surface area contributed by atoms with Gasteiger partial charge in [0.1, 0.15) is 6.34 Å². The molecule has 0 unspecified atom stereocenters. The molecule has 0 bridgehead atoms. The predicted molar refractivity (Wildman–Crippen MR) is 38.5 cm³/mol. The molecule has 0 atom stereocenters. The highest BCUT2D eigenvalue weighted by Gasteiger charge is 2.08. The molecule has 3 nitrogen and oxygen atoms in total. The highest BCUT2D eigenvalue weighted by molar-refractivity contribution is 6.19. The lowest BCUT2D eigenvalue weighted by atomic mass is 10.7. The summed E-state index contributed by atoms with van der Waals surface area (Å²) >= 11 is 11.1. The Labute approximate surface area is 64.0 Å². The van der Waals surface area contributed by atoms with E-state index in [0.717, 1.165) is 0 Å². The van der Waals surface area contributed by atoms with Crippen LogP contribution in [0.1, 0.15) is 0 Å². The Morgan fingerprint density at radius 3 is 2.89 bits per heavy atom. The molecular formula is C4H7Cl2N3. The zero-order valence-electron chi connectivity index (χ0n) is 4.80. The molecule has 0 spiro atoms. The Hall–Kier alpha value is 0.01000. The monoisotopic (exact) mass is 167 g/mol. The van der Waals surface area contributed by atoms with E-state index in [1.807, 2.05) is 4.90 Å². The third-order valence-corrected chi connectivity index (χ3v) is 1.52. The molecule has 0 aromatic carbocycles. The van der Waals surface area contributed by atoms with Crippen molar-refractivity contribution in [3.05, 3.63) is 0 Å². The molecule has 1 rings (SSSR count). The average Bonchev–Trinajstić information content (AvgIpc) is 1.88. The smallest absolute Gasteiger partial charge is 0.103 e. The molecule has 0 saturated carbocycles. The van der Waals surface area contributed by atoms with Crippen molar-refractivity contribution in [3.8, 4) is 0 Å². The normalized spacial score (nSPS) is 20.9. The maximum Gasteiger partial charge on any atom is 0.103 e. The fourth-order valence-electron chi connectivity index (χ4n) is 0.588. The van der Waals surface area contributed by atoms with Crippen LogP contribution in [0, 0.1) is 0 Å². The second-order valence-corrected chi connectivity index (χ2v) is 2.44. The molecule has 1 heterocycles. The lowest BCUT2D eigenvalue weighted by Crippen LogP contribution is -2.35. The van der Waals surface area contributed by atoms with E-state index in [1.54, 1.807) is 6.34 Å². The van der Waals surface area contributed by atoms with Crippen LogP contribution in [0.5, 0.6) is 0 Å². The van der Waals surface area contributed by atoms with Crippen LogP contribution in [0.25, 0.3) is 0 Å². The molecule has 0 fully saturated rings. The zero-order valence-corrected chi connectivity index (χ0v) is 6.31. The van der Waals surface area contributed by atoms with E-state index in [0.29, 0.717) is 19.3 Å². The van der Waals surface area contributed by atoms with E-state index in [2.05, 4.69) is 4.99 Å². The van der Waals surface area contributed by atoms with Crippen LogP contribution < -0.4 is 0 Å². The Morgan fingerprint density at radius 2 is 2.44 bits per heavy atom. The number of hydrogen-bond acceptors (Lipinski definition) is 3. The standard InChI is InChI=1S/C4H7Cl2N3/c5-1-8-2-7-3-9(6)4-8/h3H,1-2,4H2. The fraction of sp³-hybridized carbons (Fsp3) is 0.750. The number of nitrogens with zero attached hydrogens (tertiary/aromatic N) is 3. The van der Waals surface area contributed by atoms with Gasteiger partial charge in [-0.15, -0.1) is 11.6 Å². The van der Waals surface area contributed by atoms with Gasteiger partial charge in [-0.2, -0.15) is 0 Å². The number of alkyl halides is 1. The molecule has 0 aromatic heterocycles. The summed E-state index contributed by atoms with van der Waals surface area (Å²) in [4.78, 5) is 5.82. The molecule has 0 aromatic rings.